The van der Waals surface area contributed by atoms with Crippen molar-refractivity contribution < 1.29 is 58.3 Å². The van der Waals surface area contributed by atoms with Crippen molar-refractivity contribution in [2.75, 3.05) is 19.8 Å². The molecule has 60 heavy (non-hydrogen) atoms. The molecule has 6 atom stereocenters. The molecule has 1 saturated carbocycles. The number of aliphatic hydroxyl groups is 5. The molecule has 1 aliphatic carbocycles. The second-order valence-corrected chi connectivity index (χ2v) is 19.1. The topological polar surface area (TPSA) is 192 Å². The molecule has 0 saturated heterocycles. The zero-order chi connectivity index (χ0) is 44.1. The standard InChI is InChI=1S/C47H93O12P/c1-3-5-7-9-11-13-15-17-19-20-21-22-23-24-26-28-30-32-34-36-41(48)58-40(38-56-37-35-33-31-29-27-25-18-16-14-12-10-8-6-4-2)39-57-60(54,55)59-47-45(52)43(50)42(49)44(51)46(47)53/h40,42-47,49-53H,3-39H2,1-2H3,(H,54,55). The van der Waals surface area contributed by atoms with Crippen molar-refractivity contribution in [1.82, 2.24) is 0 Å². The van der Waals surface area contributed by atoms with Crippen LogP contribution in [0.1, 0.15) is 232 Å². The lowest BCUT2D eigenvalue weighted by molar-refractivity contribution is -0.220. The third kappa shape index (κ3) is 30.4. The summed E-state index contributed by atoms with van der Waals surface area (Å²) in [7, 11) is -5.01. The second-order valence-electron chi connectivity index (χ2n) is 17.7. The lowest BCUT2D eigenvalue weighted by Gasteiger charge is -2.41. The van der Waals surface area contributed by atoms with Crippen LogP contribution in [0.4, 0.5) is 0 Å². The Morgan fingerprint density at radius 3 is 1.15 bits per heavy atom. The molecule has 0 spiro atoms. The Bertz CT molecular complexity index is 1000. The molecule has 0 aromatic carbocycles. The van der Waals surface area contributed by atoms with Crippen LogP contribution in [0.5, 0.6) is 0 Å². The Balaban J connectivity index is 2.33. The van der Waals surface area contributed by atoms with E-state index in [4.69, 9.17) is 18.5 Å². The van der Waals surface area contributed by atoms with Gasteiger partial charge in [0.2, 0.25) is 0 Å². The average Bonchev–Trinajstić information content (AvgIpc) is 3.23. The number of hydrogen-bond acceptors (Lipinski definition) is 11. The SMILES string of the molecule is CCCCCCCCCCCCCCCCCCCCCC(=O)OC(COCCCCCCCCCCCCCCCC)COP(=O)(O)OC1C(O)C(O)C(O)C(O)C1O. The van der Waals surface area contributed by atoms with E-state index < -0.39 is 63.1 Å². The van der Waals surface area contributed by atoms with Crippen molar-refractivity contribution in [1.29, 1.82) is 0 Å². The van der Waals surface area contributed by atoms with Crippen molar-refractivity contribution >= 4 is 13.8 Å². The number of hydrogen-bond donors (Lipinski definition) is 6. The number of unbranched alkanes of at least 4 members (excludes halogenated alkanes) is 31. The summed E-state index contributed by atoms with van der Waals surface area (Å²) in [6.07, 6.45) is 28.8. The molecule has 0 radical (unpaired) electrons. The molecule has 12 nitrogen and oxygen atoms in total. The Kier molecular flexibility index (Phi) is 37.1. The molecule has 0 aliphatic heterocycles. The van der Waals surface area contributed by atoms with Crippen molar-refractivity contribution in [3.63, 3.8) is 0 Å². The number of carbonyl (C=O) groups excluding carboxylic acids is 1. The molecule has 0 amide bonds. The normalized spacial score (nSPS) is 22.2. The van der Waals surface area contributed by atoms with Crippen molar-refractivity contribution in [2.45, 2.75) is 275 Å². The van der Waals surface area contributed by atoms with Gasteiger partial charge in [-0.25, -0.2) is 4.57 Å². The summed E-state index contributed by atoms with van der Waals surface area (Å²) in [5.74, 6) is -0.470. The molecule has 1 fully saturated rings. The highest BCUT2D eigenvalue weighted by Gasteiger charge is 2.51. The van der Waals surface area contributed by atoms with Gasteiger partial charge in [0.15, 0.2) is 0 Å². The Morgan fingerprint density at radius 1 is 0.467 bits per heavy atom. The quantitative estimate of drug-likeness (QED) is 0.0193. The van der Waals surface area contributed by atoms with Gasteiger partial charge in [-0.1, -0.05) is 213 Å². The first-order valence-electron chi connectivity index (χ1n) is 24.9. The van der Waals surface area contributed by atoms with Crippen LogP contribution < -0.4 is 0 Å². The van der Waals surface area contributed by atoms with Gasteiger partial charge in [-0.3, -0.25) is 13.8 Å². The fourth-order valence-electron chi connectivity index (χ4n) is 8.01. The number of phosphoric acid groups is 1. The van der Waals surface area contributed by atoms with E-state index in [1.807, 2.05) is 0 Å². The first-order chi connectivity index (χ1) is 29.0. The highest BCUT2D eigenvalue weighted by Crippen LogP contribution is 2.47. The molecule has 13 heteroatoms. The van der Waals surface area contributed by atoms with Crippen molar-refractivity contribution in [2.24, 2.45) is 0 Å². The Labute approximate surface area is 365 Å². The molecule has 0 heterocycles. The maximum Gasteiger partial charge on any atom is 0.472 e. The molecular formula is C47H93O12P. The minimum Gasteiger partial charge on any atom is -0.457 e. The number of ether oxygens (including phenoxy) is 2. The van der Waals surface area contributed by atoms with Crippen molar-refractivity contribution in [3.05, 3.63) is 0 Å². The summed E-state index contributed by atoms with van der Waals surface area (Å²) in [5, 5.41) is 50.2. The summed E-state index contributed by atoms with van der Waals surface area (Å²) < 4.78 is 34.2. The van der Waals surface area contributed by atoms with Crippen LogP contribution in [0.25, 0.3) is 0 Å². The zero-order valence-corrected chi connectivity index (χ0v) is 39.2. The highest BCUT2D eigenvalue weighted by atomic mass is 31.2. The first-order valence-corrected chi connectivity index (χ1v) is 26.4. The van der Waals surface area contributed by atoms with Crippen LogP contribution >= 0.6 is 7.82 Å². The van der Waals surface area contributed by atoms with Gasteiger partial charge in [0.05, 0.1) is 13.2 Å². The zero-order valence-electron chi connectivity index (χ0n) is 38.3. The third-order valence-electron chi connectivity index (χ3n) is 12.0. The molecule has 6 N–H and O–H groups in total. The summed E-state index contributed by atoms with van der Waals surface area (Å²) >= 11 is 0. The molecule has 1 aliphatic rings. The molecular weight excluding hydrogens is 787 g/mol. The predicted octanol–water partition coefficient (Wildman–Crippen LogP) is 10.5. The maximum atomic E-state index is 12.8. The lowest BCUT2D eigenvalue weighted by Crippen LogP contribution is -2.64. The number of rotatable bonds is 43. The van der Waals surface area contributed by atoms with E-state index in [0.717, 1.165) is 38.5 Å². The first kappa shape index (κ1) is 57.4. The van der Waals surface area contributed by atoms with Crippen LogP contribution in [0.15, 0.2) is 0 Å². The van der Waals surface area contributed by atoms with Gasteiger partial charge in [-0.15, -0.1) is 0 Å². The van der Waals surface area contributed by atoms with E-state index >= 15 is 0 Å². The van der Waals surface area contributed by atoms with Gasteiger partial charge in [0.1, 0.15) is 42.7 Å². The maximum absolute atomic E-state index is 12.8. The second kappa shape index (κ2) is 38.8. The van der Waals surface area contributed by atoms with E-state index in [1.54, 1.807) is 0 Å². The summed E-state index contributed by atoms with van der Waals surface area (Å²) in [6.45, 7) is 4.31. The van der Waals surface area contributed by atoms with Gasteiger partial charge in [-0.2, -0.15) is 0 Å². The fourth-order valence-corrected chi connectivity index (χ4v) is 8.98. The number of esters is 1. The predicted molar refractivity (Wildman–Crippen MR) is 240 cm³/mol. The average molecular weight is 881 g/mol. The van der Waals surface area contributed by atoms with Crippen LogP contribution in [-0.2, 0) is 27.9 Å². The largest absolute Gasteiger partial charge is 0.472 e. The summed E-state index contributed by atoms with van der Waals surface area (Å²) in [5.41, 5.74) is 0. The van der Waals surface area contributed by atoms with E-state index in [9.17, 15) is 39.8 Å². The number of aliphatic hydroxyl groups excluding tert-OH is 5. The Hall–Kier alpha value is -0.660. The van der Waals surface area contributed by atoms with Crippen molar-refractivity contribution in [3.8, 4) is 0 Å². The molecule has 6 unspecified atom stereocenters. The van der Waals surface area contributed by atoms with Gasteiger partial charge in [-0.05, 0) is 12.8 Å². The molecule has 358 valence electrons. The Morgan fingerprint density at radius 2 is 0.783 bits per heavy atom. The minimum absolute atomic E-state index is 0.0678. The van der Waals surface area contributed by atoms with E-state index in [0.29, 0.717) is 13.0 Å². The molecule has 0 bridgehead atoms. The van der Waals surface area contributed by atoms with Gasteiger partial charge in [0, 0.05) is 13.0 Å². The molecule has 0 aromatic heterocycles. The van der Waals surface area contributed by atoms with Gasteiger partial charge < -0.3 is 39.9 Å². The monoisotopic (exact) mass is 881 g/mol. The smallest absolute Gasteiger partial charge is 0.457 e. The number of phosphoric ester groups is 1. The summed E-state index contributed by atoms with van der Waals surface area (Å²) in [6, 6.07) is 0. The van der Waals surface area contributed by atoms with E-state index in [2.05, 4.69) is 13.8 Å². The van der Waals surface area contributed by atoms with Crippen LogP contribution in [0.3, 0.4) is 0 Å². The van der Waals surface area contributed by atoms with Gasteiger partial charge >= 0.3 is 13.8 Å². The minimum atomic E-state index is -5.01. The van der Waals surface area contributed by atoms with E-state index in [1.165, 1.54) is 167 Å². The fraction of sp³-hybridized carbons (Fsp3) is 0.979. The van der Waals surface area contributed by atoms with Crippen LogP contribution in [0, 0.1) is 0 Å². The lowest BCUT2D eigenvalue weighted by atomic mass is 9.85. The van der Waals surface area contributed by atoms with Gasteiger partial charge in [0.25, 0.3) is 0 Å². The van der Waals surface area contributed by atoms with Crippen LogP contribution in [-0.4, -0.2) is 98.9 Å². The summed E-state index contributed by atoms with van der Waals surface area (Å²) in [4.78, 5) is 23.2. The number of carbonyl (C=O) groups is 1. The molecule has 0 aromatic rings. The molecule has 1 rings (SSSR count). The third-order valence-corrected chi connectivity index (χ3v) is 13.0. The highest BCUT2D eigenvalue weighted by molar-refractivity contribution is 7.47. The van der Waals surface area contributed by atoms with Crippen LogP contribution in [0.2, 0.25) is 0 Å². The van der Waals surface area contributed by atoms with E-state index in [-0.39, 0.29) is 13.0 Å².